The molecule has 0 spiro atoms. The van der Waals surface area contributed by atoms with Crippen LogP contribution in [0.4, 0.5) is 17.6 Å². The Morgan fingerprint density at radius 1 is 1.05 bits per heavy atom. The summed E-state index contributed by atoms with van der Waals surface area (Å²) in [7, 11) is -4.12. The maximum absolute atomic E-state index is 13.5. The van der Waals surface area contributed by atoms with Gasteiger partial charge in [-0.1, -0.05) is 12.1 Å². The zero-order valence-electron chi connectivity index (χ0n) is 22.3. The molecule has 2 aromatic carbocycles. The molecule has 1 N–H and O–H groups in total. The van der Waals surface area contributed by atoms with Gasteiger partial charge in [0.25, 0.3) is 15.4 Å². The minimum atomic E-state index is -5.55. The lowest BCUT2D eigenvalue weighted by Gasteiger charge is -2.27. The third kappa shape index (κ3) is 7.00. The van der Waals surface area contributed by atoms with Gasteiger partial charge < -0.3 is 9.12 Å². The maximum Gasteiger partial charge on any atom is 0.497 e. The Bertz CT molecular complexity index is 1580. The van der Waals surface area contributed by atoms with E-state index in [2.05, 4.69) is 4.72 Å². The summed E-state index contributed by atoms with van der Waals surface area (Å²) >= 11 is -1.58. The van der Waals surface area contributed by atoms with Crippen molar-refractivity contribution in [3.63, 3.8) is 0 Å². The molecule has 3 aromatic rings. The van der Waals surface area contributed by atoms with Gasteiger partial charge in [-0.05, 0) is 74.7 Å². The average molecular weight is 601 g/mol. The van der Waals surface area contributed by atoms with E-state index in [1.807, 2.05) is 0 Å². The normalized spacial score (nSPS) is 14.2. The number of halogens is 4. The lowest BCUT2D eigenvalue weighted by Crippen LogP contribution is -2.41. The number of carbonyl (C=O) groups is 1. The highest BCUT2D eigenvalue weighted by Gasteiger charge is 2.45. The molecular formula is C27H28F4N2O5S2. The molecule has 1 heterocycles. The first kappa shape index (κ1) is 31.5. The van der Waals surface area contributed by atoms with Gasteiger partial charge in [-0.25, -0.2) is 12.8 Å². The van der Waals surface area contributed by atoms with Crippen molar-refractivity contribution in [2.45, 2.75) is 49.7 Å². The van der Waals surface area contributed by atoms with E-state index in [4.69, 9.17) is 0 Å². The van der Waals surface area contributed by atoms with E-state index in [0.29, 0.717) is 0 Å². The van der Waals surface area contributed by atoms with Crippen molar-refractivity contribution in [3.05, 3.63) is 93.2 Å². The molecular weight excluding hydrogens is 572 g/mol. The third-order valence-electron chi connectivity index (χ3n) is 6.00. The molecule has 0 aliphatic rings. The highest BCUT2D eigenvalue weighted by molar-refractivity contribution is 7.91. The van der Waals surface area contributed by atoms with Crippen molar-refractivity contribution in [1.29, 1.82) is 0 Å². The van der Waals surface area contributed by atoms with Crippen molar-refractivity contribution in [2.75, 3.05) is 0 Å². The Balaban J connectivity index is 2.28. The molecule has 2 atom stereocenters. The lowest BCUT2D eigenvalue weighted by atomic mass is 9.89. The predicted molar refractivity (Wildman–Crippen MR) is 145 cm³/mol. The Morgan fingerprint density at radius 3 is 2.20 bits per heavy atom. The van der Waals surface area contributed by atoms with Crippen LogP contribution in [0.2, 0.25) is 0 Å². The van der Waals surface area contributed by atoms with E-state index in [0.717, 1.165) is 24.3 Å². The second-order valence-electron chi connectivity index (χ2n) is 10.2. The monoisotopic (exact) mass is 600 g/mol. The molecule has 3 rings (SSSR count). The Labute approximate surface area is 232 Å². The summed E-state index contributed by atoms with van der Waals surface area (Å²) in [5.41, 5.74) is -5.58. The fourth-order valence-electron chi connectivity index (χ4n) is 3.79. The number of rotatable bonds is 8. The summed E-state index contributed by atoms with van der Waals surface area (Å²) in [5.74, 6) is -2.58. The summed E-state index contributed by atoms with van der Waals surface area (Å²) in [6.07, 6.45) is 1.37. The SMILES string of the molecule is C[C@H](N[S+]([O-])C(C)(C)C)c1cc(=O)n(C)cc1-c1cc(CS(=O)(=O)C(F)(F)F)ccc1C(=O)c1ccc(F)cc1. The maximum atomic E-state index is 13.5. The number of benzene rings is 2. The molecule has 7 nitrogen and oxygen atoms in total. The first-order chi connectivity index (χ1) is 18.3. The number of nitrogens with zero attached hydrogens (tertiary/aromatic N) is 1. The number of alkyl halides is 3. The highest BCUT2D eigenvalue weighted by atomic mass is 32.2. The number of nitrogens with one attached hydrogen (secondary N) is 1. The predicted octanol–water partition coefficient (Wildman–Crippen LogP) is 4.97. The molecule has 0 saturated carbocycles. The number of aromatic nitrogens is 1. The number of pyridine rings is 1. The zero-order valence-corrected chi connectivity index (χ0v) is 23.9. The molecule has 0 aliphatic carbocycles. The van der Waals surface area contributed by atoms with Gasteiger partial charge in [0.1, 0.15) is 10.6 Å². The van der Waals surface area contributed by atoms with Crippen LogP contribution in [0.3, 0.4) is 0 Å². The van der Waals surface area contributed by atoms with Crippen LogP contribution in [-0.4, -0.2) is 33.6 Å². The van der Waals surface area contributed by atoms with Crippen LogP contribution in [-0.2, 0) is 34.0 Å². The smallest absolute Gasteiger partial charge is 0.497 e. The van der Waals surface area contributed by atoms with E-state index in [-0.39, 0.29) is 33.4 Å². The number of carbonyl (C=O) groups excluding carboxylic acids is 1. The number of hydrogen-bond acceptors (Lipinski definition) is 6. The lowest BCUT2D eigenvalue weighted by molar-refractivity contribution is -0.0437. The van der Waals surface area contributed by atoms with Gasteiger partial charge in [0.05, 0.1) is 11.8 Å². The summed E-state index contributed by atoms with van der Waals surface area (Å²) in [4.78, 5) is 26.1. The van der Waals surface area contributed by atoms with Crippen LogP contribution >= 0.6 is 0 Å². The second kappa shape index (κ2) is 11.5. The summed E-state index contributed by atoms with van der Waals surface area (Å²) < 4.78 is 93.0. The number of hydrogen-bond donors (Lipinski definition) is 1. The third-order valence-corrected chi connectivity index (χ3v) is 9.10. The number of sulfone groups is 1. The van der Waals surface area contributed by atoms with Gasteiger partial charge in [0, 0.05) is 47.4 Å². The minimum Gasteiger partial charge on any atom is -0.598 e. The molecule has 0 amide bonds. The van der Waals surface area contributed by atoms with Gasteiger partial charge in [0.15, 0.2) is 5.78 Å². The quantitative estimate of drug-likeness (QED) is 0.222. The molecule has 1 aromatic heterocycles. The van der Waals surface area contributed by atoms with Crippen molar-refractivity contribution in [2.24, 2.45) is 7.05 Å². The molecule has 0 bridgehead atoms. The van der Waals surface area contributed by atoms with Crippen molar-refractivity contribution in [1.82, 2.24) is 9.29 Å². The van der Waals surface area contributed by atoms with Crippen LogP contribution < -0.4 is 10.3 Å². The van der Waals surface area contributed by atoms with Crippen LogP contribution in [0.25, 0.3) is 11.1 Å². The fraction of sp³-hybridized carbons (Fsp3) is 0.333. The van der Waals surface area contributed by atoms with Crippen molar-refractivity contribution in [3.8, 4) is 11.1 Å². The van der Waals surface area contributed by atoms with Gasteiger partial charge in [-0.2, -0.15) is 13.2 Å². The molecule has 40 heavy (non-hydrogen) atoms. The largest absolute Gasteiger partial charge is 0.598 e. The van der Waals surface area contributed by atoms with Crippen LogP contribution in [0, 0.1) is 5.82 Å². The van der Waals surface area contributed by atoms with Gasteiger partial charge in [0.2, 0.25) is 0 Å². The fourth-order valence-corrected chi connectivity index (χ4v) is 5.37. The molecule has 216 valence electrons. The first-order valence-corrected chi connectivity index (χ1v) is 14.7. The van der Waals surface area contributed by atoms with Gasteiger partial charge in [-0.3, -0.25) is 9.59 Å². The van der Waals surface area contributed by atoms with E-state index in [9.17, 15) is 40.1 Å². The van der Waals surface area contributed by atoms with Crippen LogP contribution in [0.5, 0.6) is 0 Å². The Morgan fingerprint density at radius 2 is 1.65 bits per heavy atom. The van der Waals surface area contributed by atoms with Gasteiger partial charge in [-0.15, -0.1) is 4.72 Å². The van der Waals surface area contributed by atoms with Crippen molar-refractivity contribution >= 4 is 27.0 Å². The molecule has 0 fully saturated rings. The molecule has 0 radical (unpaired) electrons. The summed E-state index contributed by atoms with van der Waals surface area (Å²) in [6, 6.07) is 8.58. The molecule has 0 aliphatic heterocycles. The second-order valence-corrected chi connectivity index (χ2v) is 14.2. The summed E-state index contributed by atoms with van der Waals surface area (Å²) in [5, 5.41) is 0. The van der Waals surface area contributed by atoms with Crippen LogP contribution in [0.15, 0.2) is 59.5 Å². The average Bonchev–Trinajstić information content (AvgIpc) is 2.84. The van der Waals surface area contributed by atoms with Crippen molar-refractivity contribution < 1.29 is 35.3 Å². The first-order valence-electron chi connectivity index (χ1n) is 11.9. The summed E-state index contributed by atoms with van der Waals surface area (Å²) in [6.45, 7) is 6.83. The topological polar surface area (TPSA) is 108 Å². The molecule has 1 unspecified atom stereocenters. The van der Waals surface area contributed by atoms with Crippen LogP contribution in [0.1, 0.15) is 60.8 Å². The van der Waals surface area contributed by atoms with E-state index in [1.165, 1.54) is 42.1 Å². The zero-order chi connectivity index (χ0) is 30.2. The van der Waals surface area contributed by atoms with Gasteiger partial charge >= 0.3 is 5.51 Å². The van der Waals surface area contributed by atoms with E-state index < -0.39 is 60.4 Å². The molecule has 13 heteroatoms. The van der Waals surface area contributed by atoms with E-state index >= 15 is 0 Å². The number of aryl methyl sites for hydroxylation is 1. The molecule has 0 saturated heterocycles. The number of ketones is 1. The Hall–Kier alpha value is -3.00. The minimum absolute atomic E-state index is 0.0243. The van der Waals surface area contributed by atoms with E-state index in [1.54, 1.807) is 27.7 Å². The highest BCUT2D eigenvalue weighted by Crippen LogP contribution is 2.35. The Kier molecular flexibility index (Phi) is 9.04. The standard InChI is InChI=1S/C27H28F4N2O5S2/c1-16(32-39(36)26(2,3)4)21-13-24(34)33(5)14-23(21)22-12-17(15-40(37,38)27(29,30)31)6-11-20(22)25(35)18-7-9-19(28)10-8-18/h6-14,16,32H,15H2,1-5H3/t16-,39?/m0/s1.